The fourth-order valence-electron chi connectivity index (χ4n) is 2.98. The Bertz CT molecular complexity index is 336. The fraction of sp³-hybridized carbons (Fsp3) is 0.875. The van der Waals surface area contributed by atoms with Gasteiger partial charge in [0.2, 0.25) is 0 Å². The minimum absolute atomic E-state index is 0.232. The van der Waals surface area contributed by atoms with Crippen molar-refractivity contribution in [3.63, 3.8) is 0 Å². The van der Waals surface area contributed by atoms with Crippen molar-refractivity contribution in [3.8, 4) is 0 Å². The van der Waals surface area contributed by atoms with Crippen LogP contribution in [0.5, 0.6) is 0 Å². The molecule has 1 aliphatic carbocycles. The molecule has 5 nitrogen and oxygen atoms in total. The minimum Gasteiger partial charge on any atom is -0.480 e. The quantitative estimate of drug-likeness (QED) is 0.676. The summed E-state index contributed by atoms with van der Waals surface area (Å²) in [7, 11) is 0. The normalized spacial score (nSPS) is 23.6. The lowest BCUT2D eigenvalue weighted by Gasteiger charge is -2.28. The lowest BCUT2D eigenvalue weighted by atomic mass is 9.81. The van der Waals surface area contributed by atoms with E-state index in [4.69, 9.17) is 5.11 Å². The Morgan fingerprint density at radius 1 is 1.14 bits per heavy atom. The van der Waals surface area contributed by atoms with Crippen LogP contribution in [0.2, 0.25) is 0 Å². The summed E-state index contributed by atoms with van der Waals surface area (Å²) in [4.78, 5) is 22.9. The van der Waals surface area contributed by atoms with E-state index in [1.54, 1.807) is 0 Å². The number of hydrogen-bond acceptors (Lipinski definition) is 2. The summed E-state index contributed by atoms with van der Waals surface area (Å²) in [6, 6.07) is -1.17. The standard InChI is InChI=1S/C16H30N2O3/c1-4-12-5-7-13(8-6-12)10-17-16(21)18-14(15(19)20)9-11(2)3/h11-14H,4-10H2,1-3H3,(H,19,20)(H2,17,18,21)/t12?,13?,14-/m1/s1. The molecule has 5 heteroatoms. The first-order valence-corrected chi connectivity index (χ1v) is 8.19. The van der Waals surface area contributed by atoms with Gasteiger partial charge in [-0.25, -0.2) is 9.59 Å². The summed E-state index contributed by atoms with van der Waals surface area (Å²) in [5, 5.41) is 14.5. The number of rotatable bonds is 7. The van der Waals surface area contributed by atoms with E-state index < -0.39 is 12.0 Å². The maximum atomic E-state index is 11.8. The number of aliphatic carboxylic acids is 1. The van der Waals surface area contributed by atoms with Crippen LogP contribution in [0, 0.1) is 17.8 Å². The molecule has 0 bridgehead atoms. The zero-order chi connectivity index (χ0) is 15.8. The monoisotopic (exact) mass is 298 g/mol. The van der Waals surface area contributed by atoms with Crippen molar-refractivity contribution in [2.45, 2.75) is 65.3 Å². The van der Waals surface area contributed by atoms with Gasteiger partial charge in [-0.2, -0.15) is 0 Å². The first-order chi connectivity index (χ1) is 9.92. The van der Waals surface area contributed by atoms with Crippen LogP contribution in [0.15, 0.2) is 0 Å². The van der Waals surface area contributed by atoms with Gasteiger partial charge >= 0.3 is 12.0 Å². The van der Waals surface area contributed by atoms with Crippen LogP contribution in [-0.2, 0) is 4.79 Å². The zero-order valence-electron chi connectivity index (χ0n) is 13.5. The van der Waals surface area contributed by atoms with Crippen molar-refractivity contribution in [1.29, 1.82) is 0 Å². The van der Waals surface area contributed by atoms with E-state index in [9.17, 15) is 9.59 Å². The SMILES string of the molecule is CCC1CCC(CNC(=O)N[C@H](CC(C)C)C(=O)O)CC1. The summed E-state index contributed by atoms with van der Waals surface area (Å²) in [6.07, 6.45) is 6.51. The summed E-state index contributed by atoms with van der Waals surface area (Å²) >= 11 is 0. The minimum atomic E-state index is -0.970. The molecule has 0 heterocycles. The number of carbonyl (C=O) groups excluding carboxylic acids is 1. The van der Waals surface area contributed by atoms with Crippen molar-refractivity contribution >= 4 is 12.0 Å². The second-order valence-electron chi connectivity index (χ2n) is 6.67. The lowest BCUT2D eigenvalue weighted by molar-refractivity contribution is -0.139. The van der Waals surface area contributed by atoms with Crippen molar-refractivity contribution in [2.24, 2.45) is 17.8 Å². The predicted octanol–water partition coefficient (Wildman–Crippen LogP) is 3.00. The molecule has 0 aromatic heterocycles. The number of nitrogens with one attached hydrogen (secondary N) is 2. The molecule has 1 saturated carbocycles. The molecule has 0 aliphatic heterocycles. The van der Waals surface area contributed by atoms with Crippen molar-refractivity contribution in [2.75, 3.05) is 6.54 Å². The zero-order valence-corrected chi connectivity index (χ0v) is 13.5. The van der Waals surface area contributed by atoms with Gasteiger partial charge in [-0.15, -0.1) is 0 Å². The summed E-state index contributed by atoms with van der Waals surface area (Å²) in [5.41, 5.74) is 0. The highest BCUT2D eigenvalue weighted by atomic mass is 16.4. The molecule has 0 radical (unpaired) electrons. The van der Waals surface area contributed by atoms with E-state index in [-0.39, 0.29) is 11.9 Å². The third kappa shape index (κ3) is 6.82. The van der Waals surface area contributed by atoms with Gasteiger partial charge in [0.1, 0.15) is 6.04 Å². The molecule has 21 heavy (non-hydrogen) atoms. The summed E-state index contributed by atoms with van der Waals surface area (Å²) < 4.78 is 0. The van der Waals surface area contributed by atoms with E-state index in [0.29, 0.717) is 18.9 Å². The smallest absolute Gasteiger partial charge is 0.326 e. The Hall–Kier alpha value is -1.26. The lowest BCUT2D eigenvalue weighted by Crippen LogP contribution is -2.47. The maximum Gasteiger partial charge on any atom is 0.326 e. The Labute approximate surface area is 127 Å². The van der Waals surface area contributed by atoms with E-state index in [2.05, 4.69) is 17.6 Å². The molecule has 1 aliphatic rings. The van der Waals surface area contributed by atoms with E-state index in [1.165, 1.54) is 19.3 Å². The van der Waals surface area contributed by atoms with E-state index in [0.717, 1.165) is 18.8 Å². The molecule has 2 amide bonds. The van der Waals surface area contributed by atoms with E-state index >= 15 is 0 Å². The molecule has 0 saturated heterocycles. The Balaban J connectivity index is 2.28. The number of hydrogen-bond donors (Lipinski definition) is 3. The molecule has 3 N–H and O–H groups in total. The van der Waals surface area contributed by atoms with Gasteiger partial charge in [0.15, 0.2) is 0 Å². The highest BCUT2D eigenvalue weighted by Crippen LogP contribution is 2.29. The van der Waals surface area contributed by atoms with Crippen molar-refractivity contribution in [3.05, 3.63) is 0 Å². The molecule has 0 aromatic rings. The maximum absolute atomic E-state index is 11.8. The number of carbonyl (C=O) groups is 2. The van der Waals surface area contributed by atoms with Gasteiger partial charge < -0.3 is 15.7 Å². The number of amides is 2. The van der Waals surface area contributed by atoms with Gasteiger partial charge in [-0.3, -0.25) is 0 Å². The topological polar surface area (TPSA) is 78.4 Å². The van der Waals surface area contributed by atoms with Gasteiger partial charge in [-0.05, 0) is 37.0 Å². The third-order valence-electron chi connectivity index (χ3n) is 4.41. The molecule has 0 aromatic carbocycles. The first-order valence-electron chi connectivity index (χ1n) is 8.19. The number of carboxylic acids is 1. The molecule has 0 spiro atoms. The fourth-order valence-corrected chi connectivity index (χ4v) is 2.98. The molecule has 122 valence electrons. The van der Waals surface area contributed by atoms with Gasteiger partial charge in [0.05, 0.1) is 0 Å². The van der Waals surface area contributed by atoms with Crippen LogP contribution in [0.3, 0.4) is 0 Å². The molecule has 1 fully saturated rings. The Morgan fingerprint density at radius 2 is 1.71 bits per heavy atom. The van der Waals surface area contributed by atoms with Crippen LogP contribution < -0.4 is 10.6 Å². The predicted molar refractivity (Wildman–Crippen MR) is 83.2 cm³/mol. The largest absolute Gasteiger partial charge is 0.480 e. The summed E-state index contributed by atoms with van der Waals surface area (Å²) in [6.45, 7) is 6.77. The Kier molecular flexibility index (Phi) is 7.54. The summed E-state index contributed by atoms with van der Waals surface area (Å²) in [5.74, 6) is 0.641. The number of urea groups is 1. The average molecular weight is 298 g/mol. The van der Waals surface area contributed by atoms with Crippen molar-refractivity contribution < 1.29 is 14.7 Å². The third-order valence-corrected chi connectivity index (χ3v) is 4.41. The highest BCUT2D eigenvalue weighted by Gasteiger charge is 2.23. The van der Waals surface area contributed by atoms with Gasteiger partial charge in [0.25, 0.3) is 0 Å². The van der Waals surface area contributed by atoms with Crippen LogP contribution in [0.25, 0.3) is 0 Å². The molecular formula is C16H30N2O3. The molecule has 0 unspecified atom stereocenters. The van der Waals surface area contributed by atoms with Crippen LogP contribution in [0.1, 0.15) is 59.3 Å². The van der Waals surface area contributed by atoms with Crippen molar-refractivity contribution in [1.82, 2.24) is 10.6 Å². The second kappa shape index (κ2) is 8.90. The Morgan fingerprint density at radius 3 is 2.19 bits per heavy atom. The first kappa shape index (κ1) is 17.8. The highest BCUT2D eigenvalue weighted by molar-refractivity contribution is 5.82. The number of carboxylic acid groups (broad SMARTS) is 1. The van der Waals surface area contributed by atoms with Crippen LogP contribution >= 0.6 is 0 Å². The second-order valence-corrected chi connectivity index (χ2v) is 6.67. The average Bonchev–Trinajstić information content (AvgIpc) is 2.44. The molecular weight excluding hydrogens is 268 g/mol. The van der Waals surface area contributed by atoms with Crippen LogP contribution in [0.4, 0.5) is 4.79 Å². The van der Waals surface area contributed by atoms with Gasteiger partial charge in [-0.1, -0.05) is 40.0 Å². The van der Waals surface area contributed by atoms with Gasteiger partial charge in [0, 0.05) is 6.54 Å². The molecule has 1 rings (SSSR count). The van der Waals surface area contributed by atoms with E-state index in [1.807, 2.05) is 13.8 Å². The molecule has 1 atom stereocenters. The van der Waals surface area contributed by atoms with Crippen LogP contribution in [-0.4, -0.2) is 29.7 Å².